The van der Waals surface area contributed by atoms with Crippen LogP contribution in [0, 0.1) is 17.8 Å². The van der Waals surface area contributed by atoms with E-state index < -0.39 is 0 Å². The lowest BCUT2D eigenvalue weighted by atomic mass is 9.78. The fourth-order valence-electron chi connectivity index (χ4n) is 2.43. The monoisotopic (exact) mass is 213 g/mol. The Morgan fingerprint density at radius 1 is 1.07 bits per heavy atom. The van der Waals surface area contributed by atoms with E-state index in [1.54, 1.807) is 0 Å². The number of hydrogen-bond acceptors (Lipinski definition) is 1. The van der Waals surface area contributed by atoms with Crippen LogP contribution in [-0.2, 0) is 0 Å². The third kappa shape index (κ3) is 6.19. The molecule has 0 rings (SSSR count). The van der Waals surface area contributed by atoms with Crippen molar-refractivity contribution in [1.29, 1.82) is 0 Å². The van der Waals surface area contributed by atoms with Crippen molar-refractivity contribution in [3.05, 3.63) is 0 Å². The highest BCUT2D eigenvalue weighted by Crippen LogP contribution is 2.29. The Bertz CT molecular complexity index is 142. The van der Waals surface area contributed by atoms with E-state index in [0.717, 1.165) is 17.8 Å². The molecule has 1 heteroatoms. The molecule has 0 spiro atoms. The quantitative estimate of drug-likeness (QED) is 0.640. The first kappa shape index (κ1) is 15.0. The molecule has 3 atom stereocenters. The van der Waals surface area contributed by atoms with Crippen LogP contribution in [0.5, 0.6) is 0 Å². The Balaban J connectivity index is 4.12. The van der Waals surface area contributed by atoms with Gasteiger partial charge in [0.1, 0.15) is 0 Å². The van der Waals surface area contributed by atoms with Crippen LogP contribution in [0.1, 0.15) is 60.3 Å². The van der Waals surface area contributed by atoms with Crippen LogP contribution < -0.4 is 5.32 Å². The summed E-state index contributed by atoms with van der Waals surface area (Å²) in [5.41, 5.74) is 0. The lowest BCUT2D eigenvalue weighted by molar-refractivity contribution is 0.219. The second-order valence-electron chi connectivity index (χ2n) is 5.45. The minimum atomic E-state index is 0.654. The van der Waals surface area contributed by atoms with Crippen molar-refractivity contribution in [2.45, 2.75) is 66.3 Å². The molecule has 0 radical (unpaired) electrons. The van der Waals surface area contributed by atoms with Crippen LogP contribution in [0.3, 0.4) is 0 Å². The van der Waals surface area contributed by atoms with Gasteiger partial charge in [0.15, 0.2) is 0 Å². The molecule has 15 heavy (non-hydrogen) atoms. The molecule has 0 aliphatic rings. The number of rotatable bonds is 8. The molecular formula is C14H31N. The molecule has 0 heterocycles. The van der Waals surface area contributed by atoms with E-state index in [9.17, 15) is 0 Å². The topological polar surface area (TPSA) is 12.0 Å². The molecule has 0 aromatic carbocycles. The maximum Gasteiger partial charge on any atom is 0.00385 e. The molecule has 0 fully saturated rings. The summed E-state index contributed by atoms with van der Waals surface area (Å²) in [6.45, 7) is 11.8. The van der Waals surface area contributed by atoms with Gasteiger partial charge in [-0.2, -0.15) is 0 Å². The van der Waals surface area contributed by atoms with E-state index in [2.05, 4.69) is 47.0 Å². The summed E-state index contributed by atoms with van der Waals surface area (Å²) < 4.78 is 0. The van der Waals surface area contributed by atoms with Gasteiger partial charge in [0.2, 0.25) is 0 Å². The van der Waals surface area contributed by atoms with Gasteiger partial charge in [0.05, 0.1) is 0 Å². The molecule has 0 aromatic rings. The predicted octanol–water partition coefficient (Wildman–Crippen LogP) is 4.08. The van der Waals surface area contributed by atoms with E-state index in [4.69, 9.17) is 0 Å². The first-order valence-electron chi connectivity index (χ1n) is 6.70. The fraction of sp³-hybridized carbons (Fsp3) is 1.00. The first-order valence-corrected chi connectivity index (χ1v) is 6.70. The minimum Gasteiger partial charge on any atom is -0.317 e. The summed E-state index contributed by atoms with van der Waals surface area (Å²) in [7, 11) is 2.07. The van der Waals surface area contributed by atoms with Crippen LogP contribution >= 0.6 is 0 Å². The standard InChI is InChI=1S/C14H31N/c1-7-8-9-12(4)14(11(2)3)10-13(5)15-6/h11-15H,7-10H2,1-6H3. The Kier molecular flexibility index (Phi) is 8.13. The third-order valence-corrected chi connectivity index (χ3v) is 3.72. The largest absolute Gasteiger partial charge is 0.317 e. The van der Waals surface area contributed by atoms with E-state index in [1.807, 2.05) is 0 Å². The highest BCUT2D eigenvalue weighted by Gasteiger charge is 2.21. The van der Waals surface area contributed by atoms with Gasteiger partial charge in [-0.25, -0.2) is 0 Å². The smallest absolute Gasteiger partial charge is 0.00385 e. The maximum absolute atomic E-state index is 3.36. The zero-order chi connectivity index (χ0) is 11.8. The molecule has 0 aliphatic heterocycles. The van der Waals surface area contributed by atoms with Crippen molar-refractivity contribution in [3.63, 3.8) is 0 Å². The maximum atomic E-state index is 3.36. The van der Waals surface area contributed by atoms with Crippen LogP contribution in [0.2, 0.25) is 0 Å². The second-order valence-corrected chi connectivity index (χ2v) is 5.45. The lowest BCUT2D eigenvalue weighted by Crippen LogP contribution is -2.29. The molecule has 0 aliphatic carbocycles. The fourth-order valence-corrected chi connectivity index (χ4v) is 2.43. The molecular weight excluding hydrogens is 182 g/mol. The number of nitrogens with one attached hydrogen (secondary N) is 1. The molecule has 0 saturated carbocycles. The van der Waals surface area contributed by atoms with Crippen molar-refractivity contribution in [2.24, 2.45) is 17.8 Å². The van der Waals surface area contributed by atoms with Gasteiger partial charge in [-0.15, -0.1) is 0 Å². The van der Waals surface area contributed by atoms with Gasteiger partial charge in [-0.05, 0) is 38.1 Å². The Hall–Kier alpha value is -0.0400. The number of unbranched alkanes of at least 4 members (excludes halogenated alkanes) is 1. The normalized spacial score (nSPS) is 17.8. The summed E-state index contributed by atoms with van der Waals surface area (Å²) in [5.74, 6) is 2.56. The zero-order valence-corrected chi connectivity index (χ0v) is 11.6. The van der Waals surface area contributed by atoms with Gasteiger partial charge in [-0.3, -0.25) is 0 Å². The lowest BCUT2D eigenvalue weighted by Gasteiger charge is -2.30. The Morgan fingerprint density at radius 3 is 2.07 bits per heavy atom. The molecule has 0 aromatic heterocycles. The summed E-state index contributed by atoms with van der Waals surface area (Å²) in [6, 6.07) is 0.654. The van der Waals surface area contributed by atoms with Crippen LogP contribution in [0.4, 0.5) is 0 Å². The van der Waals surface area contributed by atoms with Crippen LogP contribution in [0.15, 0.2) is 0 Å². The second kappa shape index (κ2) is 8.15. The van der Waals surface area contributed by atoms with E-state index >= 15 is 0 Å². The SMILES string of the molecule is CCCCC(C)C(CC(C)NC)C(C)C. The molecule has 1 N–H and O–H groups in total. The van der Waals surface area contributed by atoms with Gasteiger partial charge in [0, 0.05) is 6.04 Å². The Morgan fingerprint density at radius 2 is 1.67 bits per heavy atom. The highest BCUT2D eigenvalue weighted by molar-refractivity contribution is 4.74. The van der Waals surface area contributed by atoms with Crippen LogP contribution in [0.25, 0.3) is 0 Å². The third-order valence-electron chi connectivity index (χ3n) is 3.72. The van der Waals surface area contributed by atoms with Crippen molar-refractivity contribution in [3.8, 4) is 0 Å². The highest BCUT2D eigenvalue weighted by atomic mass is 14.8. The average Bonchev–Trinajstić information content (AvgIpc) is 2.21. The van der Waals surface area contributed by atoms with Crippen molar-refractivity contribution in [2.75, 3.05) is 7.05 Å². The Labute approximate surface area is 97.0 Å². The summed E-state index contributed by atoms with van der Waals surface area (Å²) >= 11 is 0. The van der Waals surface area contributed by atoms with Crippen molar-refractivity contribution < 1.29 is 0 Å². The molecule has 92 valence electrons. The summed E-state index contributed by atoms with van der Waals surface area (Å²) in [4.78, 5) is 0. The zero-order valence-electron chi connectivity index (χ0n) is 11.6. The van der Waals surface area contributed by atoms with Crippen molar-refractivity contribution in [1.82, 2.24) is 5.32 Å². The molecule has 0 bridgehead atoms. The molecule has 0 amide bonds. The van der Waals surface area contributed by atoms with E-state index in [0.29, 0.717) is 6.04 Å². The van der Waals surface area contributed by atoms with Gasteiger partial charge < -0.3 is 5.32 Å². The van der Waals surface area contributed by atoms with Gasteiger partial charge in [0.25, 0.3) is 0 Å². The predicted molar refractivity (Wildman–Crippen MR) is 70.2 cm³/mol. The summed E-state index contributed by atoms with van der Waals surface area (Å²) in [6.07, 6.45) is 5.43. The summed E-state index contributed by atoms with van der Waals surface area (Å²) in [5, 5.41) is 3.36. The van der Waals surface area contributed by atoms with Gasteiger partial charge in [-0.1, -0.05) is 47.0 Å². The average molecular weight is 213 g/mol. The van der Waals surface area contributed by atoms with E-state index in [-0.39, 0.29) is 0 Å². The van der Waals surface area contributed by atoms with Crippen molar-refractivity contribution >= 4 is 0 Å². The molecule has 0 saturated heterocycles. The van der Waals surface area contributed by atoms with E-state index in [1.165, 1.54) is 25.7 Å². The number of hydrogen-bond donors (Lipinski definition) is 1. The molecule has 3 unspecified atom stereocenters. The minimum absolute atomic E-state index is 0.654. The van der Waals surface area contributed by atoms with Crippen LogP contribution in [-0.4, -0.2) is 13.1 Å². The van der Waals surface area contributed by atoms with Gasteiger partial charge >= 0.3 is 0 Å². The molecule has 1 nitrogen and oxygen atoms in total. The first-order chi connectivity index (χ1) is 7.02.